The molecule has 16 heteroatoms. The lowest BCUT2D eigenvalue weighted by molar-refractivity contribution is -0.128. The van der Waals surface area contributed by atoms with Crippen molar-refractivity contribution in [2.24, 2.45) is 0 Å². The number of carbonyl (C=O) groups excluding carboxylic acids is 6. The largest absolute Gasteiger partial charge is 0.507 e. The van der Waals surface area contributed by atoms with Crippen LogP contribution in [0, 0.1) is 0 Å². The van der Waals surface area contributed by atoms with Crippen LogP contribution in [0.15, 0.2) is 72.8 Å². The fourth-order valence-electron chi connectivity index (χ4n) is 3.47. The number of nitrogens with zero attached hydrogens (tertiary/aromatic N) is 1. The first-order chi connectivity index (χ1) is 20.5. The summed E-state index contributed by atoms with van der Waals surface area (Å²) in [6.07, 6.45) is 0. The van der Waals surface area contributed by atoms with E-state index in [-0.39, 0.29) is 33.9 Å². The topological polar surface area (TPSA) is 239 Å². The van der Waals surface area contributed by atoms with Gasteiger partial charge in [0.15, 0.2) is 0 Å². The molecular formula is C27H27N7O9. The Balaban J connectivity index is 1.60. The second-order valence-corrected chi connectivity index (χ2v) is 8.70. The van der Waals surface area contributed by atoms with Crippen molar-refractivity contribution in [3.8, 4) is 17.2 Å². The van der Waals surface area contributed by atoms with Gasteiger partial charge >= 0.3 is 0 Å². The van der Waals surface area contributed by atoms with E-state index in [9.17, 15) is 44.1 Å². The summed E-state index contributed by atoms with van der Waals surface area (Å²) in [5.41, 5.74) is 12.2. The van der Waals surface area contributed by atoms with Gasteiger partial charge in [-0.05, 0) is 36.4 Å². The van der Waals surface area contributed by atoms with Crippen LogP contribution in [0.2, 0.25) is 0 Å². The molecule has 0 atom stereocenters. The zero-order valence-electron chi connectivity index (χ0n) is 22.3. The van der Waals surface area contributed by atoms with Crippen LogP contribution in [0.5, 0.6) is 17.2 Å². The molecule has 0 radical (unpaired) electrons. The lowest BCUT2D eigenvalue weighted by atomic mass is 10.2. The van der Waals surface area contributed by atoms with Crippen LogP contribution in [0.1, 0.15) is 31.1 Å². The van der Waals surface area contributed by atoms with E-state index in [2.05, 4.69) is 32.6 Å². The lowest BCUT2D eigenvalue weighted by Crippen LogP contribution is -2.53. The highest BCUT2D eigenvalue weighted by molar-refractivity contribution is 5.99. The highest BCUT2D eigenvalue weighted by Crippen LogP contribution is 2.16. The molecule has 0 spiro atoms. The Morgan fingerprint density at radius 2 is 0.698 bits per heavy atom. The molecule has 0 heterocycles. The van der Waals surface area contributed by atoms with Gasteiger partial charge in [0.2, 0.25) is 0 Å². The number of hydrogen-bond donors (Lipinski definition) is 9. The molecule has 0 aromatic heterocycles. The molecule has 3 aromatic rings. The Morgan fingerprint density at radius 3 is 0.953 bits per heavy atom. The predicted octanol–water partition coefficient (Wildman–Crippen LogP) is -1.21. The van der Waals surface area contributed by atoms with Crippen LogP contribution in [-0.2, 0) is 14.4 Å². The average molecular weight is 594 g/mol. The molecule has 6 amide bonds. The van der Waals surface area contributed by atoms with Crippen LogP contribution in [0.3, 0.4) is 0 Å². The summed E-state index contributed by atoms with van der Waals surface area (Å²) in [7, 11) is 0. The van der Waals surface area contributed by atoms with Crippen molar-refractivity contribution < 1.29 is 44.1 Å². The minimum atomic E-state index is -0.874. The first kappa shape index (κ1) is 31.4. The molecule has 0 aliphatic heterocycles. The standard InChI is InChI=1S/C27H27N7O9/c35-19-10-4-1-7-16(19)25(41)31-28-22(38)13-34(14-23(39)29-32-26(42)17-8-2-5-11-20(17)36)15-24(40)30-33-27(43)18-9-3-6-12-21(18)37/h1-12,35-37H,13-15H2,(H,28,38)(H,29,39)(H,30,40)(H,31,41)(H,32,42)(H,33,43). The quantitative estimate of drug-likeness (QED) is 0.134. The van der Waals surface area contributed by atoms with Gasteiger partial charge in [0.1, 0.15) is 17.2 Å². The molecule has 3 rings (SSSR count). The SMILES string of the molecule is O=C(CN(CC(=O)NNC(=O)c1ccccc1O)CC(=O)NNC(=O)c1ccccc1O)NNC(=O)c1ccccc1O. The van der Waals surface area contributed by atoms with Gasteiger partial charge < -0.3 is 15.3 Å². The Morgan fingerprint density at radius 1 is 0.442 bits per heavy atom. The van der Waals surface area contributed by atoms with Crippen LogP contribution in [0.4, 0.5) is 0 Å². The van der Waals surface area contributed by atoms with E-state index < -0.39 is 55.1 Å². The van der Waals surface area contributed by atoms with Gasteiger partial charge in [-0.1, -0.05) is 36.4 Å². The molecule has 16 nitrogen and oxygen atoms in total. The summed E-state index contributed by atoms with van der Waals surface area (Å²) in [6, 6.07) is 16.7. The number of amides is 6. The average Bonchev–Trinajstić information content (AvgIpc) is 2.98. The van der Waals surface area contributed by atoms with E-state index >= 15 is 0 Å². The molecule has 3 aromatic carbocycles. The molecule has 0 unspecified atom stereocenters. The summed E-state index contributed by atoms with van der Waals surface area (Å²) in [4.78, 5) is 75.3. The summed E-state index contributed by atoms with van der Waals surface area (Å²) >= 11 is 0. The zero-order chi connectivity index (χ0) is 31.4. The first-order valence-electron chi connectivity index (χ1n) is 12.4. The van der Waals surface area contributed by atoms with Gasteiger partial charge in [0, 0.05) is 0 Å². The minimum absolute atomic E-state index is 0.126. The second-order valence-electron chi connectivity index (χ2n) is 8.70. The molecule has 0 bridgehead atoms. The summed E-state index contributed by atoms with van der Waals surface area (Å²) in [6.45, 7) is -1.91. The Labute approximate surface area is 243 Å². The molecular weight excluding hydrogens is 566 g/mol. The van der Waals surface area contributed by atoms with Crippen molar-refractivity contribution in [3.05, 3.63) is 89.5 Å². The highest BCUT2D eigenvalue weighted by atomic mass is 16.3. The van der Waals surface area contributed by atoms with Crippen LogP contribution < -0.4 is 32.6 Å². The lowest BCUT2D eigenvalue weighted by Gasteiger charge is -2.21. The van der Waals surface area contributed by atoms with Crippen LogP contribution in [0.25, 0.3) is 0 Å². The Kier molecular flexibility index (Phi) is 10.9. The van der Waals surface area contributed by atoms with Crippen LogP contribution >= 0.6 is 0 Å². The Bertz CT molecular complexity index is 1350. The van der Waals surface area contributed by atoms with E-state index in [1.807, 2.05) is 0 Å². The van der Waals surface area contributed by atoms with Gasteiger partial charge in [0.25, 0.3) is 35.4 Å². The van der Waals surface area contributed by atoms with Gasteiger partial charge in [-0.3, -0.25) is 66.2 Å². The maximum absolute atomic E-state index is 12.5. The van der Waals surface area contributed by atoms with E-state index in [0.29, 0.717) is 0 Å². The smallest absolute Gasteiger partial charge is 0.273 e. The van der Waals surface area contributed by atoms with Crippen molar-refractivity contribution in [3.63, 3.8) is 0 Å². The summed E-state index contributed by atoms with van der Waals surface area (Å²) in [5, 5.41) is 29.4. The molecule has 43 heavy (non-hydrogen) atoms. The maximum Gasteiger partial charge on any atom is 0.273 e. The fraction of sp³-hybridized carbons (Fsp3) is 0.111. The van der Waals surface area contributed by atoms with Crippen molar-refractivity contribution in [2.45, 2.75) is 0 Å². The number of phenols is 3. The Hall–Kier alpha value is -6.16. The van der Waals surface area contributed by atoms with E-state index in [1.54, 1.807) is 0 Å². The molecule has 0 fully saturated rings. The monoisotopic (exact) mass is 593 g/mol. The van der Waals surface area contributed by atoms with Gasteiger partial charge in [-0.25, -0.2) is 0 Å². The molecule has 9 N–H and O–H groups in total. The minimum Gasteiger partial charge on any atom is -0.507 e. The molecule has 224 valence electrons. The fourth-order valence-corrected chi connectivity index (χ4v) is 3.47. The van der Waals surface area contributed by atoms with Crippen molar-refractivity contribution >= 4 is 35.4 Å². The number of para-hydroxylation sites is 3. The van der Waals surface area contributed by atoms with Gasteiger partial charge in [-0.15, -0.1) is 0 Å². The van der Waals surface area contributed by atoms with Crippen LogP contribution in [-0.4, -0.2) is 75.3 Å². The maximum atomic E-state index is 12.5. The van der Waals surface area contributed by atoms with Crippen molar-refractivity contribution in [1.82, 2.24) is 37.5 Å². The van der Waals surface area contributed by atoms with E-state index in [1.165, 1.54) is 72.8 Å². The number of nitrogens with one attached hydrogen (secondary N) is 6. The zero-order valence-corrected chi connectivity index (χ0v) is 22.3. The van der Waals surface area contributed by atoms with Crippen molar-refractivity contribution in [2.75, 3.05) is 19.6 Å². The van der Waals surface area contributed by atoms with Crippen molar-refractivity contribution in [1.29, 1.82) is 0 Å². The summed E-state index contributed by atoms with van der Waals surface area (Å²) in [5.74, 6) is -6.14. The van der Waals surface area contributed by atoms with Gasteiger partial charge in [0.05, 0.1) is 36.3 Å². The number of benzene rings is 3. The first-order valence-corrected chi connectivity index (χ1v) is 12.4. The predicted molar refractivity (Wildman–Crippen MR) is 148 cm³/mol. The number of hydrogen-bond acceptors (Lipinski definition) is 10. The molecule has 0 saturated carbocycles. The molecule has 0 aliphatic carbocycles. The molecule has 0 aliphatic rings. The van der Waals surface area contributed by atoms with E-state index in [0.717, 1.165) is 4.90 Å². The molecule has 0 saturated heterocycles. The second kappa shape index (κ2) is 15.0. The third-order valence-electron chi connectivity index (χ3n) is 5.49. The summed E-state index contributed by atoms with van der Waals surface area (Å²) < 4.78 is 0. The number of carbonyl (C=O) groups is 6. The number of rotatable bonds is 9. The number of phenolic OH excluding ortho intramolecular Hbond substituents is 3. The third-order valence-corrected chi connectivity index (χ3v) is 5.49. The number of hydrazine groups is 3. The van der Waals surface area contributed by atoms with Gasteiger partial charge in [-0.2, -0.15) is 0 Å². The third kappa shape index (κ3) is 9.47. The highest BCUT2D eigenvalue weighted by Gasteiger charge is 2.21. The van der Waals surface area contributed by atoms with E-state index in [4.69, 9.17) is 0 Å². The number of aromatic hydroxyl groups is 3. The normalized spacial score (nSPS) is 10.3.